The average molecular weight is 422 g/mol. The predicted octanol–water partition coefficient (Wildman–Crippen LogP) is 3.08. The molecule has 0 aliphatic carbocycles. The summed E-state index contributed by atoms with van der Waals surface area (Å²) in [7, 11) is -3.56. The molecule has 0 aromatic carbocycles. The van der Waals surface area contributed by atoms with E-state index in [2.05, 4.69) is 22.2 Å². The lowest BCUT2D eigenvalue weighted by Crippen LogP contribution is -2.38. The fraction of sp³-hybridized carbons (Fsp3) is 0.500. The van der Waals surface area contributed by atoms with E-state index < -0.39 is 10.0 Å². The normalized spacial score (nSPS) is 16.7. The first-order valence-corrected chi connectivity index (χ1v) is 11.6. The highest BCUT2D eigenvalue weighted by Crippen LogP contribution is 2.28. The molecule has 10 heteroatoms. The molecule has 3 aromatic rings. The summed E-state index contributed by atoms with van der Waals surface area (Å²) in [6.07, 6.45) is 1.78. The number of aromatic nitrogens is 4. The van der Waals surface area contributed by atoms with Crippen LogP contribution in [0.3, 0.4) is 0 Å². The predicted molar refractivity (Wildman–Crippen MR) is 106 cm³/mol. The zero-order chi connectivity index (χ0) is 19.9. The van der Waals surface area contributed by atoms with Gasteiger partial charge in [0.05, 0.1) is 11.4 Å². The fourth-order valence-corrected chi connectivity index (χ4v) is 6.00. The largest absolute Gasteiger partial charge is 0.337 e. The van der Waals surface area contributed by atoms with Crippen molar-refractivity contribution in [3.63, 3.8) is 0 Å². The van der Waals surface area contributed by atoms with E-state index in [1.165, 1.54) is 0 Å². The number of sulfonamides is 1. The summed E-state index contributed by atoms with van der Waals surface area (Å²) in [4.78, 5) is 4.69. The fourth-order valence-electron chi connectivity index (χ4n) is 3.52. The molecular weight excluding hydrogens is 398 g/mol. The molecule has 3 aromatic heterocycles. The van der Waals surface area contributed by atoms with Gasteiger partial charge in [-0.25, -0.2) is 8.42 Å². The Balaban J connectivity index is 1.59. The number of nitrogens with zero attached hydrogens (tertiary/aromatic N) is 5. The van der Waals surface area contributed by atoms with E-state index in [-0.39, 0.29) is 6.54 Å². The third-order valence-electron chi connectivity index (χ3n) is 5.19. The monoisotopic (exact) mass is 421 g/mol. The van der Waals surface area contributed by atoms with Gasteiger partial charge in [-0.1, -0.05) is 12.1 Å². The molecule has 1 saturated heterocycles. The second kappa shape index (κ2) is 7.41. The number of aryl methyl sites for hydroxylation is 1. The van der Waals surface area contributed by atoms with Crippen molar-refractivity contribution in [1.82, 2.24) is 24.2 Å². The Bertz CT molecular complexity index is 1060. The van der Waals surface area contributed by atoms with Gasteiger partial charge < -0.3 is 4.52 Å². The van der Waals surface area contributed by atoms with Gasteiger partial charge in [0.1, 0.15) is 11.4 Å². The lowest BCUT2D eigenvalue weighted by Gasteiger charge is -2.29. The standard InChI is InChI=1S/C18H23N5O3S2/c1-12-4-7-22(8-5-12)28(24,25)17-13(2)20-23(14(17)3)10-16-19-18(21-26-16)15-6-9-27-11-15/h6,9,11-12H,4-5,7-8,10H2,1-3H3. The summed E-state index contributed by atoms with van der Waals surface area (Å²) in [5.41, 5.74) is 1.98. The smallest absolute Gasteiger partial charge is 0.248 e. The quantitative estimate of drug-likeness (QED) is 0.628. The summed E-state index contributed by atoms with van der Waals surface area (Å²) >= 11 is 1.56. The molecule has 0 N–H and O–H groups in total. The van der Waals surface area contributed by atoms with Crippen LogP contribution in [0.15, 0.2) is 26.2 Å². The Labute approximate surface area is 168 Å². The first-order chi connectivity index (χ1) is 13.4. The van der Waals surface area contributed by atoms with Gasteiger partial charge >= 0.3 is 0 Å². The van der Waals surface area contributed by atoms with E-state index in [0.717, 1.165) is 18.4 Å². The van der Waals surface area contributed by atoms with E-state index in [9.17, 15) is 8.42 Å². The Morgan fingerprint density at radius 2 is 2.04 bits per heavy atom. The van der Waals surface area contributed by atoms with Crippen molar-refractivity contribution < 1.29 is 12.9 Å². The average Bonchev–Trinajstić information content (AvgIpc) is 3.37. The minimum absolute atomic E-state index is 0.233. The molecule has 1 aliphatic rings. The van der Waals surface area contributed by atoms with Crippen LogP contribution in [0.2, 0.25) is 0 Å². The first-order valence-electron chi connectivity index (χ1n) is 9.25. The van der Waals surface area contributed by atoms with Crippen LogP contribution in [0.5, 0.6) is 0 Å². The second-order valence-electron chi connectivity index (χ2n) is 7.27. The van der Waals surface area contributed by atoms with Crippen LogP contribution < -0.4 is 0 Å². The number of rotatable bonds is 5. The van der Waals surface area contributed by atoms with Gasteiger partial charge in [0.25, 0.3) is 0 Å². The van der Waals surface area contributed by atoms with Crippen molar-refractivity contribution in [2.75, 3.05) is 13.1 Å². The number of hydrogen-bond acceptors (Lipinski definition) is 7. The number of piperidine rings is 1. The Morgan fingerprint density at radius 3 is 2.71 bits per heavy atom. The highest BCUT2D eigenvalue weighted by atomic mass is 32.2. The van der Waals surface area contributed by atoms with Crippen LogP contribution in [0.1, 0.15) is 37.0 Å². The van der Waals surface area contributed by atoms with Crippen LogP contribution in [0.25, 0.3) is 11.4 Å². The van der Waals surface area contributed by atoms with Crippen molar-refractivity contribution in [1.29, 1.82) is 0 Å². The molecule has 0 unspecified atom stereocenters. The zero-order valence-electron chi connectivity index (χ0n) is 16.1. The van der Waals surface area contributed by atoms with Crippen LogP contribution >= 0.6 is 11.3 Å². The SMILES string of the molecule is Cc1nn(Cc2nc(-c3ccsc3)no2)c(C)c1S(=O)(=O)N1CCC(C)CC1. The summed E-state index contributed by atoms with van der Waals surface area (Å²) in [5, 5.41) is 12.3. The summed E-state index contributed by atoms with van der Waals surface area (Å²) < 4.78 is 34.9. The van der Waals surface area contributed by atoms with Crippen molar-refractivity contribution in [2.24, 2.45) is 5.92 Å². The minimum Gasteiger partial charge on any atom is -0.337 e. The topological polar surface area (TPSA) is 94.1 Å². The lowest BCUT2D eigenvalue weighted by molar-refractivity contribution is 0.288. The summed E-state index contributed by atoms with van der Waals surface area (Å²) in [6.45, 7) is 7.01. The van der Waals surface area contributed by atoms with Gasteiger partial charge in [-0.15, -0.1) is 0 Å². The summed E-state index contributed by atoms with van der Waals surface area (Å²) in [5.74, 6) is 1.47. The van der Waals surface area contributed by atoms with Crippen molar-refractivity contribution in [3.05, 3.63) is 34.1 Å². The van der Waals surface area contributed by atoms with Crippen LogP contribution in [-0.2, 0) is 16.6 Å². The van der Waals surface area contributed by atoms with Crippen molar-refractivity contribution in [2.45, 2.75) is 45.1 Å². The van der Waals surface area contributed by atoms with Crippen LogP contribution in [0, 0.1) is 19.8 Å². The zero-order valence-corrected chi connectivity index (χ0v) is 17.8. The maximum absolute atomic E-state index is 13.2. The highest BCUT2D eigenvalue weighted by Gasteiger charge is 2.33. The molecule has 4 rings (SSSR count). The maximum atomic E-state index is 13.2. The summed E-state index contributed by atoms with van der Waals surface area (Å²) in [6, 6.07) is 1.92. The van der Waals surface area contributed by atoms with Crippen LogP contribution in [-0.4, -0.2) is 45.7 Å². The Kier molecular flexibility index (Phi) is 5.11. The van der Waals surface area contributed by atoms with E-state index in [0.29, 0.717) is 47.0 Å². The Hall–Kier alpha value is -2.04. The molecular formula is C18H23N5O3S2. The van der Waals surface area contributed by atoms with Gasteiger partial charge in [-0.3, -0.25) is 4.68 Å². The minimum atomic E-state index is -3.56. The molecule has 0 amide bonds. The molecule has 1 fully saturated rings. The second-order valence-corrected chi connectivity index (χ2v) is 9.92. The lowest BCUT2D eigenvalue weighted by atomic mass is 10.0. The molecule has 150 valence electrons. The van der Waals surface area contributed by atoms with Gasteiger partial charge in [0, 0.05) is 24.0 Å². The first kappa shape index (κ1) is 19.3. The third kappa shape index (κ3) is 3.51. The molecule has 4 heterocycles. The van der Waals surface area contributed by atoms with E-state index in [1.807, 2.05) is 16.8 Å². The maximum Gasteiger partial charge on any atom is 0.248 e. The van der Waals surface area contributed by atoms with Crippen molar-refractivity contribution >= 4 is 21.4 Å². The van der Waals surface area contributed by atoms with Gasteiger partial charge in [0.2, 0.25) is 21.7 Å². The molecule has 0 spiro atoms. The molecule has 1 aliphatic heterocycles. The number of thiophene rings is 1. The highest BCUT2D eigenvalue weighted by molar-refractivity contribution is 7.89. The molecule has 8 nitrogen and oxygen atoms in total. The van der Waals surface area contributed by atoms with Gasteiger partial charge in [-0.2, -0.15) is 25.7 Å². The van der Waals surface area contributed by atoms with E-state index in [4.69, 9.17) is 4.52 Å². The van der Waals surface area contributed by atoms with Crippen molar-refractivity contribution in [3.8, 4) is 11.4 Å². The third-order valence-corrected chi connectivity index (χ3v) is 8.02. The molecule has 0 radical (unpaired) electrons. The van der Waals surface area contributed by atoms with Gasteiger partial charge in [0.15, 0.2) is 0 Å². The molecule has 0 saturated carbocycles. The Morgan fingerprint density at radius 1 is 1.29 bits per heavy atom. The number of hydrogen-bond donors (Lipinski definition) is 0. The molecule has 0 bridgehead atoms. The van der Waals surface area contributed by atoms with Gasteiger partial charge in [-0.05, 0) is 44.1 Å². The molecule has 28 heavy (non-hydrogen) atoms. The van der Waals surface area contributed by atoms with E-state index in [1.54, 1.807) is 34.2 Å². The van der Waals surface area contributed by atoms with Crippen LogP contribution in [0.4, 0.5) is 0 Å². The van der Waals surface area contributed by atoms with E-state index >= 15 is 0 Å². The molecule has 0 atom stereocenters.